The van der Waals surface area contributed by atoms with Gasteiger partial charge in [-0.2, -0.15) is 0 Å². The van der Waals surface area contributed by atoms with E-state index < -0.39 is 6.29 Å². The summed E-state index contributed by atoms with van der Waals surface area (Å²) < 4.78 is 10.3. The topological polar surface area (TPSA) is 35.5 Å². The molecule has 0 N–H and O–H groups in total. The smallest absolute Gasteiger partial charge is 0.308 e. The summed E-state index contributed by atoms with van der Waals surface area (Å²) in [5, 5.41) is 0.396. The number of carbonyl (C=O) groups is 1. The number of esters is 1. The summed E-state index contributed by atoms with van der Waals surface area (Å²) in [5.74, 6) is -0.129. The molecule has 0 aromatic carbocycles. The zero-order valence-corrected chi connectivity index (χ0v) is 10.0. The molecule has 0 aliphatic rings. The summed E-state index contributed by atoms with van der Waals surface area (Å²) in [7, 11) is 0. The molecule has 14 heavy (non-hydrogen) atoms. The largest absolute Gasteiger partial charge is 0.448 e. The van der Waals surface area contributed by atoms with Crippen LogP contribution >= 0.6 is 12.2 Å². The monoisotopic (exact) mass is 218 g/mol. The Labute approximate surface area is 90.8 Å². The first-order valence-electron chi connectivity index (χ1n) is 4.84. The fourth-order valence-electron chi connectivity index (χ4n) is 0.852. The van der Waals surface area contributed by atoms with Crippen molar-refractivity contribution in [2.75, 3.05) is 0 Å². The van der Waals surface area contributed by atoms with Crippen LogP contribution in [-0.4, -0.2) is 17.3 Å². The highest BCUT2D eigenvalue weighted by atomic mass is 32.1. The highest BCUT2D eigenvalue weighted by molar-refractivity contribution is 7.80. The second kappa shape index (κ2) is 6.76. The predicted molar refractivity (Wildman–Crippen MR) is 59.0 cm³/mol. The Kier molecular flexibility index (Phi) is 6.45. The normalized spacial score (nSPS) is 12.4. The standard InChI is InChI=1S/C10H18O3S/c1-5-6-9(11)13-10(7(2)3)12-8(4)14/h7,10H,5-6H2,1-4H3/t10-/m1/s1. The third-order valence-electron chi connectivity index (χ3n) is 1.53. The highest BCUT2D eigenvalue weighted by Gasteiger charge is 2.19. The molecule has 0 amide bonds. The maximum atomic E-state index is 11.2. The molecule has 0 saturated heterocycles. The molecule has 0 aliphatic heterocycles. The van der Waals surface area contributed by atoms with Crippen molar-refractivity contribution in [3.8, 4) is 0 Å². The third kappa shape index (κ3) is 5.91. The van der Waals surface area contributed by atoms with Gasteiger partial charge >= 0.3 is 5.97 Å². The lowest BCUT2D eigenvalue weighted by Gasteiger charge is -2.21. The van der Waals surface area contributed by atoms with Gasteiger partial charge in [0.25, 0.3) is 0 Å². The van der Waals surface area contributed by atoms with Crippen LogP contribution in [0.2, 0.25) is 0 Å². The van der Waals surface area contributed by atoms with Crippen molar-refractivity contribution in [2.45, 2.75) is 46.8 Å². The van der Waals surface area contributed by atoms with E-state index >= 15 is 0 Å². The Morgan fingerprint density at radius 2 is 1.93 bits per heavy atom. The molecule has 0 fully saturated rings. The van der Waals surface area contributed by atoms with Crippen molar-refractivity contribution >= 4 is 23.2 Å². The lowest BCUT2D eigenvalue weighted by atomic mass is 10.2. The van der Waals surface area contributed by atoms with Crippen molar-refractivity contribution in [1.82, 2.24) is 0 Å². The summed E-state index contributed by atoms with van der Waals surface area (Å²) in [4.78, 5) is 11.2. The molecule has 82 valence electrons. The SMILES string of the molecule is CCCC(=O)O[C@@H](OC(C)=S)C(C)C. The Bertz CT molecular complexity index is 202. The summed E-state index contributed by atoms with van der Waals surface area (Å²) in [5.41, 5.74) is 0. The fraction of sp³-hybridized carbons (Fsp3) is 0.800. The van der Waals surface area contributed by atoms with Gasteiger partial charge < -0.3 is 9.47 Å². The molecule has 0 rings (SSSR count). The number of carbonyl (C=O) groups excluding carboxylic acids is 1. The van der Waals surface area contributed by atoms with Gasteiger partial charge in [-0.15, -0.1) is 0 Å². The molecule has 3 nitrogen and oxygen atoms in total. The maximum absolute atomic E-state index is 11.2. The summed E-state index contributed by atoms with van der Waals surface area (Å²) in [6.45, 7) is 7.43. The number of ether oxygens (including phenoxy) is 2. The average Bonchev–Trinajstić information content (AvgIpc) is 2.02. The van der Waals surface area contributed by atoms with Crippen LogP contribution in [0.1, 0.15) is 40.5 Å². The molecule has 4 heteroatoms. The van der Waals surface area contributed by atoms with Crippen molar-refractivity contribution in [1.29, 1.82) is 0 Å². The van der Waals surface area contributed by atoms with Crippen LogP contribution in [0.5, 0.6) is 0 Å². The minimum Gasteiger partial charge on any atom is -0.448 e. The van der Waals surface area contributed by atoms with E-state index in [0.717, 1.165) is 6.42 Å². The lowest BCUT2D eigenvalue weighted by Crippen LogP contribution is -2.27. The molecular weight excluding hydrogens is 200 g/mol. The second-order valence-corrected chi connectivity index (χ2v) is 4.04. The fourth-order valence-corrected chi connectivity index (χ4v) is 0.947. The maximum Gasteiger partial charge on any atom is 0.308 e. The Hall–Kier alpha value is -0.640. The second-order valence-electron chi connectivity index (χ2n) is 3.46. The van der Waals surface area contributed by atoms with Crippen LogP contribution in [0, 0.1) is 5.92 Å². The first kappa shape index (κ1) is 13.4. The van der Waals surface area contributed by atoms with E-state index in [1.54, 1.807) is 6.92 Å². The van der Waals surface area contributed by atoms with Gasteiger partial charge in [-0.1, -0.05) is 20.8 Å². The van der Waals surface area contributed by atoms with Crippen LogP contribution < -0.4 is 0 Å². The lowest BCUT2D eigenvalue weighted by molar-refractivity contribution is -0.171. The molecule has 0 saturated carbocycles. The molecule has 1 atom stereocenters. The van der Waals surface area contributed by atoms with E-state index in [4.69, 9.17) is 21.7 Å². The highest BCUT2D eigenvalue weighted by Crippen LogP contribution is 2.10. The summed E-state index contributed by atoms with van der Waals surface area (Å²) in [6, 6.07) is 0. The molecule has 0 heterocycles. The van der Waals surface area contributed by atoms with Crippen molar-refractivity contribution in [3.05, 3.63) is 0 Å². The van der Waals surface area contributed by atoms with Gasteiger partial charge in [0.2, 0.25) is 6.29 Å². The van der Waals surface area contributed by atoms with Gasteiger partial charge in [0.15, 0.2) is 5.05 Å². The van der Waals surface area contributed by atoms with E-state index in [1.807, 2.05) is 20.8 Å². The number of thiocarbonyl (C=S) groups is 1. The van der Waals surface area contributed by atoms with Crippen molar-refractivity contribution < 1.29 is 14.3 Å². The minimum absolute atomic E-state index is 0.105. The van der Waals surface area contributed by atoms with Crippen LogP contribution in [0.15, 0.2) is 0 Å². The summed E-state index contributed by atoms with van der Waals surface area (Å²) in [6.07, 6.45) is 0.648. The van der Waals surface area contributed by atoms with Gasteiger partial charge in [0, 0.05) is 19.3 Å². The average molecular weight is 218 g/mol. The van der Waals surface area contributed by atoms with E-state index in [2.05, 4.69) is 0 Å². The van der Waals surface area contributed by atoms with E-state index in [-0.39, 0.29) is 11.9 Å². The van der Waals surface area contributed by atoms with Gasteiger partial charge in [-0.25, -0.2) is 0 Å². The molecule has 0 bridgehead atoms. The zero-order chi connectivity index (χ0) is 11.1. The first-order chi connectivity index (χ1) is 6.47. The molecule has 0 aromatic rings. The van der Waals surface area contributed by atoms with Crippen LogP contribution in [0.25, 0.3) is 0 Å². The molecule has 0 spiro atoms. The minimum atomic E-state index is -0.549. The predicted octanol–water partition coefficient (Wildman–Crippen LogP) is 2.68. The zero-order valence-electron chi connectivity index (χ0n) is 9.20. The van der Waals surface area contributed by atoms with Gasteiger partial charge in [-0.05, 0) is 18.6 Å². The van der Waals surface area contributed by atoms with Crippen LogP contribution in [-0.2, 0) is 14.3 Å². The van der Waals surface area contributed by atoms with Gasteiger partial charge in [-0.3, -0.25) is 4.79 Å². The van der Waals surface area contributed by atoms with E-state index in [0.29, 0.717) is 11.5 Å². The first-order valence-corrected chi connectivity index (χ1v) is 5.24. The number of hydrogen-bond donors (Lipinski definition) is 0. The third-order valence-corrected chi connectivity index (χ3v) is 1.62. The van der Waals surface area contributed by atoms with Crippen LogP contribution in [0.3, 0.4) is 0 Å². The molecule has 0 aliphatic carbocycles. The molecular formula is C10H18O3S. The Morgan fingerprint density at radius 3 is 2.29 bits per heavy atom. The Balaban J connectivity index is 4.09. The number of hydrogen-bond acceptors (Lipinski definition) is 4. The quantitative estimate of drug-likeness (QED) is 0.404. The molecule has 0 unspecified atom stereocenters. The van der Waals surface area contributed by atoms with Crippen molar-refractivity contribution in [2.24, 2.45) is 5.92 Å². The molecule has 0 radical (unpaired) electrons. The van der Waals surface area contributed by atoms with Gasteiger partial charge in [0.1, 0.15) is 0 Å². The summed E-state index contributed by atoms with van der Waals surface area (Å²) >= 11 is 4.79. The number of rotatable bonds is 5. The van der Waals surface area contributed by atoms with Crippen molar-refractivity contribution in [3.63, 3.8) is 0 Å². The molecule has 0 aromatic heterocycles. The van der Waals surface area contributed by atoms with E-state index in [1.165, 1.54) is 0 Å². The van der Waals surface area contributed by atoms with Gasteiger partial charge in [0.05, 0.1) is 0 Å². The van der Waals surface area contributed by atoms with E-state index in [9.17, 15) is 4.79 Å². The van der Waals surface area contributed by atoms with Crippen LogP contribution in [0.4, 0.5) is 0 Å². The Morgan fingerprint density at radius 1 is 1.36 bits per heavy atom.